The Morgan fingerprint density at radius 2 is 1.58 bits per heavy atom. The number of halogens is 1. The Hall–Kier alpha value is -3.03. The molecule has 3 aromatic rings. The van der Waals surface area contributed by atoms with Crippen molar-refractivity contribution in [3.63, 3.8) is 0 Å². The monoisotopic (exact) mass is 486 g/mol. The molecule has 0 heterocycles. The molecular weight excluding hydrogens is 460 g/mol. The van der Waals surface area contributed by atoms with Crippen LogP contribution < -0.4 is 14.4 Å². The number of anilines is 1. The zero-order chi connectivity index (χ0) is 24.0. The van der Waals surface area contributed by atoms with Crippen LogP contribution in [0.3, 0.4) is 0 Å². The third-order valence-corrected chi connectivity index (χ3v) is 6.30. The van der Waals surface area contributed by atoms with Crippen LogP contribution in [-0.2, 0) is 16.6 Å². The first kappa shape index (κ1) is 24.6. The molecule has 3 rings (SSSR count). The van der Waals surface area contributed by atoms with Crippen LogP contribution in [0, 0.1) is 13.8 Å². The molecule has 1 amide bonds. The molecule has 8 heteroatoms. The molecule has 3 aromatic carbocycles. The summed E-state index contributed by atoms with van der Waals surface area (Å²) in [4.78, 5) is 12.4. The average Bonchev–Trinajstić information content (AvgIpc) is 2.75. The number of hydrogen-bond donors (Lipinski definition) is 1. The van der Waals surface area contributed by atoms with Crippen molar-refractivity contribution < 1.29 is 17.9 Å². The van der Waals surface area contributed by atoms with E-state index in [1.165, 1.54) is 10.6 Å². The van der Waals surface area contributed by atoms with Gasteiger partial charge in [0.25, 0.3) is 5.91 Å². The van der Waals surface area contributed by atoms with Crippen LogP contribution in [0.25, 0.3) is 0 Å². The van der Waals surface area contributed by atoms with Gasteiger partial charge in [0.05, 0.1) is 25.0 Å². The maximum atomic E-state index is 12.4. The molecule has 0 atom stereocenters. The third kappa shape index (κ3) is 7.23. The van der Waals surface area contributed by atoms with Gasteiger partial charge in [-0.3, -0.25) is 9.10 Å². The fourth-order valence-corrected chi connectivity index (χ4v) is 4.39. The molecule has 0 aliphatic carbocycles. The third-order valence-electron chi connectivity index (χ3n) is 4.91. The van der Waals surface area contributed by atoms with E-state index in [9.17, 15) is 13.2 Å². The number of carbonyl (C=O) groups is 1. The van der Waals surface area contributed by atoms with Gasteiger partial charge in [-0.25, -0.2) is 8.42 Å². The number of nitrogens with one attached hydrogen (secondary N) is 1. The lowest BCUT2D eigenvalue weighted by Gasteiger charge is -2.23. The first-order valence-corrected chi connectivity index (χ1v) is 12.7. The van der Waals surface area contributed by atoms with Crippen LogP contribution in [-0.4, -0.2) is 33.7 Å². The van der Waals surface area contributed by atoms with E-state index in [4.69, 9.17) is 16.3 Å². The van der Waals surface area contributed by atoms with Gasteiger partial charge in [0.2, 0.25) is 10.0 Å². The van der Waals surface area contributed by atoms with Gasteiger partial charge >= 0.3 is 0 Å². The predicted molar refractivity (Wildman–Crippen MR) is 133 cm³/mol. The number of benzene rings is 3. The Labute approximate surface area is 200 Å². The zero-order valence-electron chi connectivity index (χ0n) is 18.8. The molecule has 0 aliphatic heterocycles. The molecule has 0 unspecified atom stereocenters. The molecule has 0 radical (unpaired) electrons. The van der Waals surface area contributed by atoms with Crippen molar-refractivity contribution >= 4 is 33.2 Å². The molecule has 0 aromatic heterocycles. The van der Waals surface area contributed by atoms with Crippen molar-refractivity contribution in [3.8, 4) is 5.75 Å². The van der Waals surface area contributed by atoms with E-state index in [1.54, 1.807) is 48.5 Å². The summed E-state index contributed by atoms with van der Waals surface area (Å²) in [6.07, 6.45) is 1.19. The average molecular weight is 487 g/mol. The highest BCUT2D eigenvalue weighted by Gasteiger charge is 2.19. The summed E-state index contributed by atoms with van der Waals surface area (Å²) in [5.41, 5.74) is 3.87. The maximum absolute atomic E-state index is 12.4. The van der Waals surface area contributed by atoms with Crippen LogP contribution in [0.1, 0.15) is 27.0 Å². The van der Waals surface area contributed by atoms with E-state index < -0.39 is 10.0 Å². The van der Waals surface area contributed by atoms with Gasteiger partial charge in [0.1, 0.15) is 12.4 Å². The molecule has 0 saturated heterocycles. The molecule has 6 nitrogen and oxygen atoms in total. The van der Waals surface area contributed by atoms with Gasteiger partial charge in [-0.05, 0) is 79.1 Å². The number of hydrogen-bond acceptors (Lipinski definition) is 4. The van der Waals surface area contributed by atoms with Gasteiger partial charge in [0, 0.05) is 10.6 Å². The Bertz CT molecular complexity index is 1190. The minimum Gasteiger partial charge on any atom is -0.492 e. The summed E-state index contributed by atoms with van der Waals surface area (Å²) in [6, 6.07) is 19.6. The van der Waals surface area contributed by atoms with E-state index in [-0.39, 0.29) is 12.5 Å². The van der Waals surface area contributed by atoms with Crippen LogP contribution in [0.15, 0.2) is 66.7 Å². The summed E-state index contributed by atoms with van der Waals surface area (Å²) in [5, 5.41) is 3.44. The summed E-state index contributed by atoms with van der Waals surface area (Å²) in [6.45, 7) is 4.72. The van der Waals surface area contributed by atoms with Crippen molar-refractivity contribution in [2.24, 2.45) is 0 Å². The molecule has 0 aliphatic rings. The van der Waals surface area contributed by atoms with Crippen molar-refractivity contribution in [2.75, 3.05) is 23.7 Å². The number of amides is 1. The first-order valence-electron chi connectivity index (χ1n) is 10.4. The molecular formula is C25H27ClN2O4S. The molecule has 174 valence electrons. The number of carbonyl (C=O) groups excluding carboxylic acids is 1. The van der Waals surface area contributed by atoms with Crippen molar-refractivity contribution in [1.82, 2.24) is 5.32 Å². The highest BCUT2D eigenvalue weighted by Crippen LogP contribution is 2.24. The molecule has 1 N–H and O–H groups in total. The molecule has 0 saturated carbocycles. The van der Waals surface area contributed by atoms with Crippen molar-refractivity contribution in [1.29, 1.82) is 0 Å². The van der Waals surface area contributed by atoms with E-state index in [0.29, 0.717) is 35.2 Å². The largest absolute Gasteiger partial charge is 0.492 e. The maximum Gasteiger partial charge on any atom is 0.251 e. The van der Waals surface area contributed by atoms with E-state index in [0.717, 1.165) is 16.7 Å². The fraction of sp³-hybridized carbons (Fsp3) is 0.240. The molecule has 0 fully saturated rings. The van der Waals surface area contributed by atoms with Crippen LogP contribution in [0.4, 0.5) is 5.69 Å². The molecule has 33 heavy (non-hydrogen) atoms. The van der Waals surface area contributed by atoms with Crippen LogP contribution in [0.2, 0.25) is 5.02 Å². The highest BCUT2D eigenvalue weighted by molar-refractivity contribution is 7.92. The summed E-state index contributed by atoms with van der Waals surface area (Å²) < 4.78 is 31.8. The van der Waals surface area contributed by atoms with Gasteiger partial charge in [0.15, 0.2) is 0 Å². The van der Waals surface area contributed by atoms with E-state index >= 15 is 0 Å². The standard InChI is InChI=1S/C25H27ClN2O4S/c1-18-14-19(2)16-23(15-18)28(33(3,30)31)17-20-4-6-21(7-5-20)25(29)27-12-13-32-24-10-8-22(26)9-11-24/h4-11,14-16H,12-13,17H2,1-3H3,(H,27,29). The van der Waals surface area contributed by atoms with Gasteiger partial charge < -0.3 is 10.1 Å². The number of nitrogens with zero attached hydrogens (tertiary/aromatic N) is 1. The second kappa shape index (κ2) is 10.7. The van der Waals surface area contributed by atoms with Crippen LogP contribution >= 0.6 is 11.6 Å². The summed E-state index contributed by atoms with van der Waals surface area (Å²) in [7, 11) is -3.48. The number of rotatable bonds is 9. The van der Waals surface area contributed by atoms with Gasteiger partial charge in [-0.15, -0.1) is 0 Å². The lowest BCUT2D eigenvalue weighted by atomic mass is 10.1. The zero-order valence-corrected chi connectivity index (χ0v) is 20.4. The number of aryl methyl sites for hydroxylation is 2. The van der Waals surface area contributed by atoms with E-state index in [1.807, 2.05) is 32.0 Å². The Balaban J connectivity index is 1.59. The van der Waals surface area contributed by atoms with Crippen molar-refractivity contribution in [2.45, 2.75) is 20.4 Å². The smallest absolute Gasteiger partial charge is 0.251 e. The normalized spacial score (nSPS) is 11.2. The number of ether oxygens (including phenoxy) is 1. The lowest BCUT2D eigenvalue weighted by molar-refractivity contribution is 0.0947. The second-order valence-electron chi connectivity index (χ2n) is 7.87. The Morgan fingerprint density at radius 1 is 0.970 bits per heavy atom. The summed E-state index contributed by atoms with van der Waals surface area (Å²) in [5.74, 6) is 0.452. The van der Waals surface area contributed by atoms with Gasteiger partial charge in [-0.1, -0.05) is 29.8 Å². The van der Waals surface area contributed by atoms with Crippen molar-refractivity contribution in [3.05, 3.63) is 94.0 Å². The Morgan fingerprint density at radius 3 is 2.15 bits per heavy atom. The molecule has 0 bridgehead atoms. The summed E-state index contributed by atoms with van der Waals surface area (Å²) >= 11 is 5.84. The minimum atomic E-state index is -3.48. The second-order valence-corrected chi connectivity index (χ2v) is 10.2. The van der Waals surface area contributed by atoms with E-state index in [2.05, 4.69) is 5.32 Å². The SMILES string of the molecule is Cc1cc(C)cc(N(Cc2ccc(C(=O)NCCOc3ccc(Cl)cc3)cc2)S(C)(=O)=O)c1. The first-order chi connectivity index (χ1) is 15.6. The molecule has 0 spiro atoms. The predicted octanol–water partition coefficient (Wildman–Crippen LogP) is 4.73. The Kier molecular flexibility index (Phi) is 8.00. The fourth-order valence-electron chi connectivity index (χ4n) is 3.39. The van der Waals surface area contributed by atoms with Crippen LogP contribution in [0.5, 0.6) is 5.75 Å². The number of sulfonamides is 1. The minimum absolute atomic E-state index is 0.179. The van der Waals surface area contributed by atoms with Gasteiger partial charge in [-0.2, -0.15) is 0 Å². The highest BCUT2D eigenvalue weighted by atomic mass is 35.5. The lowest BCUT2D eigenvalue weighted by Crippen LogP contribution is -2.30. The quantitative estimate of drug-likeness (QED) is 0.443. The topological polar surface area (TPSA) is 75.7 Å².